The van der Waals surface area contributed by atoms with Gasteiger partial charge in [-0.2, -0.15) is 0 Å². The second-order valence-electron chi connectivity index (χ2n) is 8.40. The molecule has 0 unspecified atom stereocenters. The minimum atomic E-state index is 0.627. The molecule has 2 aliphatic rings. The summed E-state index contributed by atoms with van der Waals surface area (Å²) < 4.78 is 5.60. The molecule has 1 aliphatic carbocycles. The molecule has 0 saturated heterocycles. The molecule has 0 bridgehead atoms. The number of hydrogen-bond acceptors (Lipinski definition) is 3. The first-order chi connectivity index (χ1) is 13.1. The van der Waals surface area contributed by atoms with E-state index in [4.69, 9.17) is 4.74 Å². The SMILES string of the molecule is COc1cccc2c1CCC[C@H]2CN(C)CCc1ccc2c(c1)CN(C)C2. The Bertz CT molecular complexity index is 801. The van der Waals surface area contributed by atoms with Crippen LogP contribution in [0.25, 0.3) is 0 Å². The minimum absolute atomic E-state index is 0.627. The molecule has 2 aromatic carbocycles. The van der Waals surface area contributed by atoms with Gasteiger partial charge in [0.1, 0.15) is 5.75 Å². The van der Waals surface area contributed by atoms with E-state index in [9.17, 15) is 0 Å². The van der Waals surface area contributed by atoms with Gasteiger partial charge in [0.25, 0.3) is 0 Å². The molecule has 3 heteroatoms. The van der Waals surface area contributed by atoms with Crippen molar-refractivity contribution in [3.8, 4) is 5.75 Å². The van der Waals surface area contributed by atoms with Crippen LogP contribution in [-0.4, -0.2) is 44.1 Å². The highest BCUT2D eigenvalue weighted by Crippen LogP contribution is 2.36. The Morgan fingerprint density at radius 3 is 2.85 bits per heavy atom. The molecule has 27 heavy (non-hydrogen) atoms. The predicted octanol–water partition coefficient (Wildman–Crippen LogP) is 4.24. The van der Waals surface area contributed by atoms with E-state index in [1.165, 1.54) is 40.7 Å². The topological polar surface area (TPSA) is 15.7 Å². The smallest absolute Gasteiger partial charge is 0.122 e. The normalized spacial score (nSPS) is 19.2. The molecule has 144 valence electrons. The summed E-state index contributed by atoms with van der Waals surface area (Å²) >= 11 is 0. The Kier molecular flexibility index (Phi) is 5.51. The summed E-state index contributed by atoms with van der Waals surface area (Å²) in [6, 6.07) is 13.7. The highest BCUT2D eigenvalue weighted by atomic mass is 16.5. The van der Waals surface area contributed by atoms with E-state index < -0.39 is 0 Å². The first-order valence-corrected chi connectivity index (χ1v) is 10.3. The zero-order valence-electron chi connectivity index (χ0n) is 17.0. The molecule has 0 amide bonds. The zero-order valence-corrected chi connectivity index (χ0v) is 17.0. The van der Waals surface area contributed by atoms with Gasteiger partial charge in [-0.25, -0.2) is 0 Å². The van der Waals surface area contributed by atoms with E-state index in [1.807, 2.05) is 0 Å². The number of benzene rings is 2. The average molecular weight is 365 g/mol. The molecule has 0 fully saturated rings. The van der Waals surface area contributed by atoms with Crippen LogP contribution < -0.4 is 4.74 Å². The van der Waals surface area contributed by atoms with Crippen molar-refractivity contribution in [1.29, 1.82) is 0 Å². The number of likely N-dealkylation sites (N-methyl/N-ethyl adjacent to an activating group) is 1. The maximum atomic E-state index is 5.60. The van der Waals surface area contributed by atoms with Crippen molar-refractivity contribution in [1.82, 2.24) is 9.80 Å². The maximum Gasteiger partial charge on any atom is 0.122 e. The van der Waals surface area contributed by atoms with Crippen LogP contribution in [0.3, 0.4) is 0 Å². The number of nitrogens with zero attached hydrogens (tertiary/aromatic N) is 2. The predicted molar refractivity (Wildman–Crippen MR) is 111 cm³/mol. The summed E-state index contributed by atoms with van der Waals surface area (Å²) in [7, 11) is 6.26. The van der Waals surface area contributed by atoms with Crippen molar-refractivity contribution in [3.05, 3.63) is 64.2 Å². The van der Waals surface area contributed by atoms with E-state index in [-0.39, 0.29) is 0 Å². The standard InChI is InChI=1S/C24H32N2O/c1-25(13-12-18-10-11-19-15-26(2)17-21(19)14-18)16-20-6-4-8-23-22(20)7-5-9-24(23)27-3/h5,7,9-11,14,20H,4,6,8,12-13,15-17H2,1-3H3/t20-/m0/s1. The molecule has 4 rings (SSSR count). The first kappa shape index (κ1) is 18.5. The average Bonchev–Trinajstić information content (AvgIpc) is 3.05. The second kappa shape index (κ2) is 8.04. The van der Waals surface area contributed by atoms with Crippen molar-refractivity contribution in [2.24, 2.45) is 0 Å². The van der Waals surface area contributed by atoms with Gasteiger partial charge in [-0.3, -0.25) is 4.90 Å². The third-order valence-corrected chi connectivity index (χ3v) is 6.27. The van der Waals surface area contributed by atoms with Gasteiger partial charge in [-0.05, 0) is 79.6 Å². The summed E-state index contributed by atoms with van der Waals surface area (Å²) in [4.78, 5) is 4.90. The lowest BCUT2D eigenvalue weighted by molar-refractivity contribution is 0.299. The lowest BCUT2D eigenvalue weighted by Gasteiger charge is -2.30. The highest BCUT2D eigenvalue weighted by Gasteiger charge is 2.23. The number of methoxy groups -OCH3 is 1. The molecule has 0 spiro atoms. The maximum absolute atomic E-state index is 5.60. The Hall–Kier alpha value is -1.84. The van der Waals surface area contributed by atoms with E-state index >= 15 is 0 Å². The van der Waals surface area contributed by atoms with Crippen LogP contribution in [0.2, 0.25) is 0 Å². The Morgan fingerprint density at radius 1 is 1.15 bits per heavy atom. The van der Waals surface area contributed by atoms with Crippen LogP contribution in [0.4, 0.5) is 0 Å². The van der Waals surface area contributed by atoms with E-state index in [0.717, 1.165) is 44.8 Å². The van der Waals surface area contributed by atoms with E-state index in [0.29, 0.717) is 5.92 Å². The zero-order chi connectivity index (χ0) is 18.8. The fourth-order valence-electron chi connectivity index (χ4n) is 4.86. The van der Waals surface area contributed by atoms with Crippen LogP contribution >= 0.6 is 0 Å². The monoisotopic (exact) mass is 364 g/mol. The highest BCUT2D eigenvalue weighted by molar-refractivity contribution is 5.43. The van der Waals surface area contributed by atoms with Gasteiger partial charge in [0.05, 0.1) is 7.11 Å². The van der Waals surface area contributed by atoms with Gasteiger partial charge in [0.15, 0.2) is 0 Å². The third kappa shape index (κ3) is 4.04. The quantitative estimate of drug-likeness (QED) is 0.763. The molecule has 1 aliphatic heterocycles. The van der Waals surface area contributed by atoms with Crippen molar-refractivity contribution in [2.45, 2.75) is 44.7 Å². The summed E-state index contributed by atoms with van der Waals surface area (Å²) in [5.74, 6) is 1.70. The molecule has 3 nitrogen and oxygen atoms in total. The minimum Gasteiger partial charge on any atom is -0.496 e. The number of fused-ring (bicyclic) bond motifs is 2. The molecule has 0 aromatic heterocycles. The molecular weight excluding hydrogens is 332 g/mol. The van der Waals surface area contributed by atoms with Gasteiger partial charge in [-0.1, -0.05) is 30.3 Å². The fraction of sp³-hybridized carbons (Fsp3) is 0.500. The molecule has 0 saturated carbocycles. The summed E-state index contributed by atoms with van der Waals surface area (Å²) in [6.45, 7) is 4.44. The molecular formula is C24H32N2O. The van der Waals surface area contributed by atoms with Crippen LogP contribution in [0, 0.1) is 0 Å². The second-order valence-corrected chi connectivity index (χ2v) is 8.40. The van der Waals surface area contributed by atoms with Crippen LogP contribution in [0.1, 0.15) is 46.6 Å². The van der Waals surface area contributed by atoms with Crippen molar-refractivity contribution < 1.29 is 4.74 Å². The summed E-state index contributed by atoms with van der Waals surface area (Å²) in [6.07, 6.45) is 4.84. The van der Waals surface area contributed by atoms with Crippen molar-refractivity contribution >= 4 is 0 Å². The largest absolute Gasteiger partial charge is 0.496 e. The molecule has 0 N–H and O–H groups in total. The van der Waals surface area contributed by atoms with Gasteiger partial charge >= 0.3 is 0 Å². The Labute approximate surface area is 163 Å². The van der Waals surface area contributed by atoms with Crippen LogP contribution in [-0.2, 0) is 25.9 Å². The third-order valence-electron chi connectivity index (χ3n) is 6.27. The van der Waals surface area contributed by atoms with Gasteiger partial charge in [0, 0.05) is 26.2 Å². The number of rotatable bonds is 6. The van der Waals surface area contributed by atoms with Gasteiger partial charge in [-0.15, -0.1) is 0 Å². The molecule has 1 heterocycles. The molecule has 2 aromatic rings. The Morgan fingerprint density at radius 2 is 2.00 bits per heavy atom. The summed E-state index contributed by atoms with van der Waals surface area (Å²) in [5.41, 5.74) is 7.44. The molecule has 1 atom stereocenters. The summed E-state index contributed by atoms with van der Waals surface area (Å²) in [5, 5.41) is 0. The van der Waals surface area contributed by atoms with Gasteiger partial charge in [0.2, 0.25) is 0 Å². The van der Waals surface area contributed by atoms with Gasteiger partial charge < -0.3 is 9.64 Å². The van der Waals surface area contributed by atoms with Crippen molar-refractivity contribution in [2.75, 3.05) is 34.3 Å². The number of ether oxygens (including phenoxy) is 1. The van der Waals surface area contributed by atoms with E-state index in [1.54, 1.807) is 7.11 Å². The van der Waals surface area contributed by atoms with Crippen molar-refractivity contribution in [3.63, 3.8) is 0 Å². The van der Waals surface area contributed by atoms with Crippen LogP contribution in [0.5, 0.6) is 5.75 Å². The molecule has 0 radical (unpaired) electrons. The van der Waals surface area contributed by atoms with E-state index in [2.05, 4.69) is 60.3 Å². The van der Waals surface area contributed by atoms with Crippen LogP contribution in [0.15, 0.2) is 36.4 Å². The fourth-order valence-corrected chi connectivity index (χ4v) is 4.86. The lowest BCUT2D eigenvalue weighted by atomic mass is 9.82. The Balaban J connectivity index is 1.37. The lowest BCUT2D eigenvalue weighted by Crippen LogP contribution is -2.28. The first-order valence-electron chi connectivity index (χ1n) is 10.3. The number of hydrogen-bond donors (Lipinski definition) is 0.